The lowest BCUT2D eigenvalue weighted by Gasteiger charge is -2.26. The summed E-state index contributed by atoms with van der Waals surface area (Å²) in [6.45, 7) is 3.56. The second-order valence-corrected chi connectivity index (χ2v) is 6.06. The minimum absolute atomic E-state index is 0.371. The van der Waals surface area contributed by atoms with E-state index in [-0.39, 0.29) is 5.60 Å². The molecular weight excluding hydrogens is 222 g/mol. The standard InChI is InChI=1S/C16H23NO/c18-16(7-8-16)12-14-5-4-6-15(11-14)13-17-9-2-1-3-10-17/h4-6,11,18H,1-3,7-10,12-13H2. The van der Waals surface area contributed by atoms with Crippen LogP contribution in [0.3, 0.4) is 0 Å². The van der Waals surface area contributed by atoms with Crippen molar-refractivity contribution >= 4 is 0 Å². The van der Waals surface area contributed by atoms with Crippen molar-refractivity contribution in [2.75, 3.05) is 13.1 Å². The minimum atomic E-state index is -0.371. The summed E-state index contributed by atoms with van der Waals surface area (Å²) in [6, 6.07) is 8.79. The maximum Gasteiger partial charge on any atom is 0.0690 e. The predicted octanol–water partition coefficient (Wildman–Crippen LogP) is 2.74. The van der Waals surface area contributed by atoms with Crippen LogP contribution in [0.15, 0.2) is 24.3 Å². The van der Waals surface area contributed by atoms with E-state index in [0.717, 1.165) is 25.8 Å². The monoisotopic (exact) mass is 245 g/mol. The van der Waals surface area contributed by atoms with Crippen molar-refractivity contribution in [3.8, 4) is 0 Å². The van der Waals surface area contributed by atoms with Crippen molar-refractivity contribution in [1.29, 1.82) is 0 Å². The van der Waals surface area contributed by atoms with E-state index in [0.29, 0.717) is 0 Å². The molecule has 18 heavy (non-hydrogen) atoms. The van der Waals surface area contributed by atoms with Gasteiger partial charge in [-0.3, -0.25) is 4.90 Å². The first-order chi connectivity index (χ1) is 8.73. The van der Waals surface area contributed by atoms with E-state index in [9.17, 15) is 5.11 Å². The molecule has 1 heterocycles. The molecule has 1 N–H and O–H groups in total. The van der Waals surface area contributed by atoms with E-state index in [1.807, 2.05) is 0 Å². The molecule has 2 heteroatoms. The number of hydrogen-bond donors (Lipinski definition) is 1. The van der Waals surface area contributed by atoms with Crippen molar-refractivity contribution in [2.45, 2.75) is 50.7 Å². The molecule has 0 unspecified atom stereocenters. The number of hydrogen-bond acceptors (Lipinski definition) is 2. The summed E-state index contributed by atoms with van der Waals surface area (Å²) in [5, 5.41) is 9.98. The highest BCUT2D eigenvalue weighted by atomic mass is 16.3. The van der Waals surface area contributed by atoms with E-state index in [1.165, 1.54) is 43.5 Å². The molecule has 0 spiro atoms. The molecule has 1 saturated carbocycles. The average molecular weight is 245 g/mol. The largest absolute Gasteiger partial charge is 0.390 e. The lowest BCUT2D eigenvalue weighted by molar-refractivity contribution is 0.151. The molecule has 0 radical (unpaired) electrons. The van der Waals surface area contributed by atoms with Gasteiger partial charge in [0.15, 0.2) is 0 Å². The number of nitrogens with zero attached hydrogens (tertiary/aromatic N) is 1. The molecule has 3 rings (SSSR count). The molecule has 2 nitrogen and oxygen atoms in total. The molecule has 1 aromatic rings. The second kappa shape index (κ2) is 5.02. The Labute approximate surface area is 110 Å². The SMILES string of the molecule is OC1(Cc2cccc(CN3CCCCC3)c2)CC1. The highest BCUT2D eigenvalue weighted by Crippen LogP contribution is 2.38. The summed E-state index contributed by atoms with van der Waals surface area (Å²) in [7, 11) is 0. The Bertz CT molecular complexity index is 405. The average Bonchev–Trinajstić information content (AvgIpc) is 3.08. The molecule has 1 aliphatic carbocycles. The van der Waals surface area contributed by atoms with Crippen LogP contribution in [0, 0.1) is 0 Å². The smallest absolute Gasteiger partial charge is 0.0690 e. The number of rotatable bonds is 4. The van der Waals surface area contributed by atoms with E-state index in [2.05, 4.69) is 29.2 Å². The number of benzene rings is 1. The normalized spacial score (nSPS) is 22.9. The van der Waals surface area contributed by atoms with Crippen LogP contribution in [-0.4, -0.2) is 28.7 Å². The van der Waals surface area contributed by atoms with Crippen LogP contribution in [-0.2, 0) is 13.0 Å². The highest BCUT2D eigenvalue weighted by molar-refractivity contribution is 5.26. The number of aliphatic hydroxyl groups is 1. The van der Waals surface area contributed by atoms with Crippen LogP contribution >= 0.6 is 0 Å². The van der Waals surface area contributed by atoms with Crippen LogP contribution in [0.1, 0.15) is 43.2 Å². The molecule has 2 fully saturated rings. The fourth-order valence-corrected chi connectivity index (χ4v) is 2.91. The zero-order chi connectivity index (χ0) is 12.4. The molecule has 1 saturated heterocycles. The highest BCUT2D eigenvalue weighted by Gasteiger charge is 2.40. The molecule has 0 amide bonds. The van der Waals surface area contributed by atoms with Gasteiger partial charge in [-0.1, -0.05) is 30.7 Å². The molecule has 0 aromatic heterocycles. The van der Waals surface area contributed by atoms with Gasteiger partial charge in [-0.2, -0.15) is 0 Å². The molecule has 98 valence electrons. The van der Waals surface area contributed by atoms with Gasteiger partial charge in [0, 0.05) is 13.0 Å². The van der Waals surface area contributed by atoms with Gasteiger partial charge in [0.05, 0.1) is 5.60 Å². The number of likely N-dealkylation sites (tertiary alicyclic amines) is 1. The van der Waals surface area contributed by atoms with Crippen molar-refractivity contribution in [2.24, 2.45) is 0 Å². The van der Waals surface area contributed by atoms with Gasteiger partial charge in [0.1, 0.15) is 0 Å². The van der Waals surface area contributed by atoms with E-state index >= 15 is 0 Å². The first-order valence-corrected chi connectivity index (χ1v) is 7.26. The Hall–Kier alpha value is -0.860. The zero-order valence-electron chi connectivity index (χ0n) is 11.1. The first kappa shape index (κ1) is 12.2. The Morgan fingerprint density at radius 2 is 1.78 bits per heavy atom. The Balaban J connectivity index is 1.62. The molecule has 1 aliphatic heterocycles. The molecule has 1 aromatic carbocycles. The fourth-order valence-electron chi connectivity index (χ4n) is 2.91. The third-order valence-corrected chi connectivity index (χ3v) is 4.21. The lowest BCUT2D eigenvalue weighted by Crippen LogP contribution is -2.29. The minimum Gasteiger partial charge on any atom is -0.390 e. The Morgan fingerprint density at radius 3 is 2.50 bits per heavy atom. The van der Waals surface area contributed by atoms with Crippen molar-refractivity contribution in [3.63, 3.8) is 0 Å². The number of piperidine rings is 1. The summed E-state index contributed by atoms with van der Waals surface area (Å²) in [5.74, 6) is 0. The van der Waals surface area contributed by atoms with E-state index < -0.39 is 0 Å². The molecule has 0 bridgehead atoms. The van der Waals surface area contributed by atoms with Crippen molar-refractivity contribution in [3.05, 3.63) is 35.4 Å². The van der Waals surface area contributed by atoms with Crippen LogP contribution in [0.5, 0.6) is 0 Å². The van der Waals surface area contributed by atoms with Crippen LogP contribution < -0.4 is 0 Å². The lowest BCUT2D eigenvalue weighted by atomic mass is 10.0. The molecule has 0 atom stereocenters. The maximum atomic E-state index is 9.98. The van der Waals surface area contributed by atoms with Gasteiger partial charge in [-0.15, -0.1) is 0 Å². The van der Waals surface area contributed by atoms with Crippen LogP contribution in [0.25, 0.3) is 0 Å². The van der Waals surface area contributed by atoms with Crippen LogP contribution in [0.2, 0.25) is 0 Å². The predicted molar refractivity (Wildman–Crippen MR) is 73.5 cm³/mol. The zero-order valence-corrected chi connectivity index (χ0v) is 11.1. The Kier molecular flexibility index (Phi) is 3.40. The Morgan fingerprint density at radius 1 is 1.06 bits per heavy atom. The first-order valence-electron chi connectivity index (χ1n) is 7.26. The maximum absolute atomic E-state index is 9.98. The van der Waals surface area contributed by atoms with Crippen molar-refractivity contribution < 1.29 is 5.11 Å². The molecule has 2 aliphatic rings. The third-order valence-electron chi connectivity index (χ3n) is 4.21. The van der Waals surface area contributed by atoms with Gasteiger partial charge in [0.2, 0.25) is 0 Å². The summed E-state index contributed by atoms with van der Waals surface area (Å²) in [6.07, 6.45) is 6.87. The van der Waals surface area contributed by atoms with Crippen LogP contribution in [0.4, 0.5) is 0 Å². The summed E-state index contributed by atoms with van der Waals surface area (Å²) < 4.78 is 0. The fraction of sp³-hybridized carbons (Fsp3) is 0.625. The quantitative estimate of drug-likeness (QED) is 0.881. The van der Waals surface area contributed by atoms with Gasteiger partial charge in [0.25, 0.3) is 0 Å². The second-order valence-electron chi connectivity index (χ2n) is 6.06. The van der Waals surface area contributed by atoms with Gasteiger partial charge >= 0.3 is 0 Å². The van der Waals surface area contributed by atoms with Gasteiger partial charge < -0.3 is 5.11 Å². The van der Waals surface area contributed by atoms with E-state index in [1.54, 1.807) is 0 Å². The van der Waals surface area contributed by atoms with Crippen molar-refractivity contribution in [1.82, 2.24) is 4.90 Å². The summed E-state index contributed by atoms with van der Waals surface area (Å²) >= 11 is 0. The summed E-state index contributed by atoms with van der Waals surface area (Å²) in [4.78, 5) is 2.55. The van der Waals surface area contributed by atoms with E-state index in [4.69, 9.17) is 0 Å². The summed E-state index contributed by atoms with van der Waals surface area (Å²) in [5.41, 5.74) is 2.33. The third kappa shape index (κ3) is 3.12. The topological polar surface area (TPSA) is 23.5 Å². The van der Waals surface area contributed by atoms with Gasteiger partial charge in [-0.25, -0.2) is 0 Å². The molecular formula is C16H23NO. The van der Waals surface area contributed by atoms with Gasteiger partial charge in [-0.05, 0) is 49.9 Å².